The van der Waals surface area contributed by atoms with Gasteiger partial charge in [-0.15, -0.1) is 0 Å². The summed E-state index contributed by atoms with van der Waals surface area (Å²) in [6.07, 6.45) is 1.40. The van der Waals surface area contributed by atoms with Crippen LogP contribution in [-0.4, -0.2) is 35.6 Å². The monoisotopic (exact) mass is 381 g/mol. The molecule has 1 saturated heterocycles. The first-order valence-corrected chi connectivity index (χ1v) is 9.73. The van der Waals surface area contributed by atoms with Gasteiger partial charge in [0, 0.05) is 24.0 Å². The zero-order valence-electron chi connectivity index (χ0n) is 16.2. The van der Waals surface area contributed by atoms with Gasteiger partial charge in [-0.2, -0.15) is 4.39 Å². The molecule has 0 radical (unpaired) electrons. The first kappa shape index (κ1) is 18.5. The standard InChI is InChI=1S/C22H24FN3O2/c1-3-28-22(27)15-8-10-26(11-9-15)20-7-6-17(21(23)25-20)19-13-16-5-4-14(2)12-18(16)24-19/h4-7,12-13,15,24H,3,8-11H2,1-2H3. The maximum Gasteiger partial charge on any atom is 0.309 e. The van der Waals surface area contributed by atoms with Crippen LogP contribution in [0.5, 0.6) is 0 Å². The number of nitrogens with zero attached hydrogens (tertiary/aromatic N) is 2. The number of benzene rings is 1. The fraction of sp³-hybridized carbons (Fsp3) is 0.364. The lowest BCUT2D eigenvalue weighted by atomic mass is 9.97. The average molecular weight is 381 g/mol. The van der Waals surface area contributed by atoms with Crippen molar-refractivity contribution in [2.24, 2.45) is 5.92 Å². The minimum Gasteiger partial charge on any atom is -0.466 e. The average Bonchev–Trinajstić information content (AvgIpc) is 3.11. The van der Waals surface area contributed by atoms with E-state index in [1.807, 2.05) is 49.1 Å². The molecule has 0 bridgehead atoms. The number of hydrogen-bond acceptors (Lipinski definition) is 4. The van der Waals surface area contributed by atoms with Gasteiger partial charge in [-0.25, -0.2) is 4.98 Å². The van der Waals surface area contributed by atoms with Gasteiger partial charge in [0.2, 0.25) is 5.95 Å². The van der Waals surface area contributed by atoms with Crippen molar-refractivity contribution in [1.29, 1.82) is 0 Å². The summed E-state index contributed by atoms with van der Waals surface area (Å²) in [6, 6.07) is 11.7. The Hall–Kier alpha value is -2.89. The minimum absolute atomic E-state index is 0.0740. The van der Waals surface area contributed by atoms with E-state index in [4.69, 9.17) is 4.74 Å². The Labute approximate surface area is 163 Å². The highest BCUT2D eigenvalue weighted by Crippen LogP contribution is 2.29. The lowest BCUT2D eigenvalue weighted by Gasteiger charge is -2.31. The van der Waals surface area contributed by atoms with E-state index in [0.29, 0.717) is 43.9 Å². The van der Waals surface area contributed by atoms with Crippen LogP contribution in [0.2, 0.25) is 0 Å². The van der Waals surface area contributed by atoms with Crippen molar-refractivity contribution in [2.45, 2.75) is 26.7 Å². The molecule has 28 heavy (non-hydrogen) atoms. The number of aromatic nitrogens is 2. The highest BCUT2D eigenvalue weighted by atomic mass is 19.1. The van der Waals surface area contributed by atoms with E-state index < -0.39 is 5.95 Å². The topological polar surface area (TPSA) is 58.2 Å². The maximum absolute atomic E-state index is 14.8. The van der Waals surface area contributed by atoms with E-state index in [1.165, 1.54) is 0 Å². The second-order valence-corrected chi connectivity index (χ2v) is 7.29. The zero-order valence-corrected chi connectivity index (χ0v) is 16.2. The van der Waals surface area contributed by atoms with Crippen LogP contribution in [-0.2, 0) is 9.53 Å². The summed E-state index contributed by atoms with van der Waals surface area (Å²) < 4.78 is 19.9. The molecular weight excluding hydrogens is 357 g/mol. The Balaban J connectivity index is 1.51. The van der Waals surface area contributed by atoms with Crippen molar-refractivity contribution in [3.8, 4) is 11.3 Å². The predicted molar refractivity (Wildman–Crippen MR) is 108 cm³/mol. The summed E-state index contributed by atoms with van der Waals surface area (Å²) in [5.41, 5.74) is 3.32. The SMILES string of the molecule is CCOC(=O)C1CCN(c2ccc(-c3cc4ccc(C)cc4[nH]3)c(F)n2)CC1. The lowest BCUT2D eigenvalue weighted by Crippen LogP contribution is -2.37. The second-order valence-electron chi connectivity index (χ2n) is 7.29. The van der Waals surface area contributed by atoms with Gasteiger partial charge in [0.1, 0.15) is 5.82 Å². The van der Waals surface area contributed by atoms with E-state index in [1.54, 1.807) is 6.07 Å². The molecule has 5 nitrogen and oxygen atoms in total. The zero-order chi connectivity index (χ0) is 19.7. The number of aryl methyl sites for hydroxylation is 1. The molecule has 3 aromatic rings. The number of hydrogen-bond donors (Lipinski definition) is 1. The van der Waals surface area contributed by atoms with Gasteiger partial charge in [0.15, 0.2) is 0 Å². The molecular formula is C22H24FN3O2. The Morgan fingerprint density at radius 2 is 2.04 bits per heavy atom. The molecule has 0 unspecified atom stereocenters. The fourth-order valence-electron chi connectivity index (χ4n) is 3.79. The number of pyridine rings is 1. The van der Waals surface area contributed by atoms with Gasteiger partial charge >= 0.3 is 5.97 Å². The lowest BCUT2D eigenvalue weighted by molar-refractivity contribution is -0.148. The number of carbonyl (C=O) groups excluding carboxylic acids is 1. The third kappa shape index (κ3) is 3.59. The van der Waals surface area contributed by atoms with Crippen LogP contribution in [0.25, 0.3) is 22.2 Å². The molecule has 0 atom stereocenters. The number of halogens is 1. The Bertz CT molecular complexity index is 1010. The number of anilines is 1. The first-order chi connectivity index (χ1) is 13.5. The number of rotatable bonds is 4. The van der Waals surface area contributed by atoms with E-state index >= 15 is 0 Å². The van der Waals surface area contributed by atoms with Crippen LogP contribution in [0.3, 0.4) is 0 Å². The quantitative estimate of drug-likeness (QED) is 0.536. The van der Waals surface area contributed by atoms with Crippen molar-refractivity contribution in [2.75, 3.05) is 24.6 Å². The molecule has 0 amide bonds. The second kappa shape index (κ2) is 7.62. The van der Waals surface area contributed by atoms with E-state index in [9.17, 15) is 9.18 Å². The predicted octanol–water partition coefficient (Wildman–Crippen LogP) is 4.46. The molecule has 2 aromatic heterocycles. The van der Waals surface area contributed by atoms with Crippen molar-refractivity contribution < 1.29 is 13.9 Å². The minimum atomic E-state index is -0.492. The number of aromatic amines is 1. The third-order valence-corrected chi connectivity index (χ3v) is 5.34. The van der Waals surface area contributed by atoms with Crippen molar-refractivity contribution in [1.82, 2.24) is 9.97 Å². The van der Waals surface area contributed by atoms with Crippen molar-refractivity contribution >= 4 is 22.7 Å². The number of fused-ring (bicyclic) bond motifs is 1. The molecule has 1 fully saturated rings. The molecule has 1 N–H and O–H groups in total. The van der Waals surface area contributed by atoms with E-state index in [-0.39, 0.29) is 11.9 Å². The van der Waals surface area contributed by atoms with E-state index in [2.05, 4.69) is 9.97 Å². The van der Waals surface area contributed by atoms with Crippen molar-refractivity contribution in [3.63, 3.8) is 0 Å². The van der Waals surface area contributed by atoms with Crippen LogP contribution in [0.15, 0.2) is 36.4 Å². The number of piperidine rings is 1. The van der Waals surface area contributed by atoms with Gasteiger partial charge in [-0.05, 0) is 56.5 Å². The molecule has 146 valence electrons. The van der Waals surface area contributed by atoms with Crippen LogP contribution in [0.4, 0.5) is 10.2 Å². The molecule has 4 rings (SSSR count). The molecule has 1 aliphatic rings. The van der Waals surface area contributed by atoms with Crippen LogP contribution >= 0.6 is 0 Å². The highest BCUT2D eigenvalue weighted by molar-refractivity contribution is 5.86. The molecule has 3 heterocycles. The number of nitrogens with one attached hydrogen (secondary N) is 1. The van der Waals surface area contributed by atoms with Crippen LogP contribution in [0.1, 0.15) is 25.3 Å². The van der Waals surface area contributed by atoms with Crippen LogP contribution in [0, 0.1) is 18.8 Å². The fourth-order valence-corrected chi connectivity index (χ4v) is 3.79. The maximum atomic E-state index is 14.8. The largest absolute Gasteiger partial charge is 0.466 e. The summed E-state index contributed by atoms with van der Waals surface area (Å²) in [4.78, 5) is 21.4. The van der Waals surface area contributed by atoms with Crippen LogP contribution < -0.4 is 4.90 Å². The summed E-state index contributed by atoms with van der Waals surface area (Å²) >= 11 is 0. The third-order valence-electron chi connectivity index (χ3n) is 5.34. The molecule has 6 heteroatoms. The summed E-state index contributed by atoms with van der Waals surface area (Å²) in [5, 5.41) is 1.05. The number of ether oxygens (including phenoxy) is 1. The number of H-pyrrole nitrogens is 1. The van der Waals surface area contributed by atoms with Gasteiger partial charge in [0.25, 0.3) is 0 Å². The molecule has 0 spiro atoms. The summed E-state index contributed by atoms with van der Waals surface area (Å²) in [7, 11) is 0. The summed E-state index contributed by atoms with van der Waals surface area (Å²) in [6.45, 7) is 5.58. The smallest absolute Gasteiger partial charge is 0.309 e. The highest BCUT2D eigenvalue weighted by Gasteiger charge is 2.27. The number of esters is 1. The Kier molecular flexibility index (Phi) is 5.03. The van der Waals surface area contributed by atoms with Crippen molar-refractivity contribution in [3.05, 3.63) is 47.9 Å². The molecule has 1 aromatic carbocycles. The molecule has 0 aliphatic carbocycles. The van der Waals surface area contributed by atoms with Gasteiger partial charge in [-0.1, -0.05) is 12.1 Å². The normalized spacial score (nSPS) is 15.2. The first-order valence-electron chi connectivity index (χ1n) is 9.73. The molecule has 0 saturated carbocycles. The molecule has 1 aliphatic heterocycles. The number of carbonyl (C=O) groups is 1. The Morgan fingerprint density at radius 3 is 2.75 bits per heavy atom. The van der Waals surface area contributed by atoms with Gasteiger partial charge in [-0.3, -0.25) is 4.79 Å². The van der Waals surface area contributed by atoms with E-state index in [0.717, 1.165) is 22.2 Å². The summed E-state index contributed by atoms with van der Waals surface area (Å²) in [5.74, 6) is -0.0929. The van der Waals surface area contributed by atoms with Gasteiger partial charge < -0.3 is 14.6 Å². The Morgan fingerprint density at radius 1 is 1.25 bits per heavy atom. The van der Waals surface area contributed by atoms with Gasteiger partial charge in [0.05, 0.1) is 23.8 Å².